The zero-order valence-corrected chi connectivity index (χ0v) is 12.0. The van der Waals surface area contributed by atoms with E-state index in [4.69, 9.17) is 8.19 Å². The zero-order chi connectivity index (χ0) is 14.8. The van der Waals surface area contributed by atoms with Crippen LogP contribution >= 0.6 is 0 Å². The molecule has 2 aromatic rings. The van der Waals surface area contributed by atoms with Gasteiger partial charge in [-0.15, -0.1) is 0 Å². The van der Waals surface area contributed by atoms with E-state index in [0.717, 1.165) is 12.1 Å². The summed E-state index contributed by atoms with van der Waals surface area (Å²) < 4.78 is 28.9. The second kappa shape index (κ2) is 5.50. The molecular formula is C12H11AsN2O5. The topological polar surface area (TPSA) is 123 Å². The van der Waals surface area contributed by atoms with Crippen molar-refractivity contribution in [2.24, 2.45) is 10.2 Å². The van der Waals surface area contributed by atoms with Gasteiger partial charge in [0.05, 0.1) is 0 Å². The van der Waals surface area contributed by atoms with E-state index in [0.29, 0.717) is 5.69 Å². The fourth-order valence-electron chi connectivity index (χ4n) is 1.47. The van der Waals surface area contributed by atoms with Gasteiger partial charge in [-0.3, -0.25) is 0 Å². The molecule has 0 atom stereocenters. The molecule has 0 unspecified atom stereocenters. The number of aromatic hydroxyl groups is 2. The Bertz CT molecular complexity index is 696. The summed E-state index contributed by atoms with van der Waals surface area (Å²) in [5, 5.41) is 26.6. The molecule has 104 valence electrons. The van der Waals surface area contributed by atoms with Crippen LogP contribution in [0.25, 0.3) is 0 Å². The summed E-state index contributed by atoms with van der Waals surface area (Å²) in [5.74, 6) is -1.09. The molecule has 0 saturated carbocycles. The average molecular weight is 338 g/mol. The van der Waals surface area contributed by atoms with Gasteiger partial charge in [-0.05, 0) is 0 Å². The maximum atomic E-state index is 11.2. The van der Waals surface area contributed by atoms with Crippen LogP contribution in [0, 0.1) is 0 Å². The number of phenols is 2. The zero-order valence-electron chi connectivity index (χ0n) is 10.1. The van der Waals surface area contributed by atoms with Gasteiger partial charge in [0.2, 0.25) is 0 Å². The monoisotopic (exact) mass is 338 g/mol. The SMILES string of the molecule is O=[As](O)(O)c1cc(N=Nc2ccccc2)c(O)cc1O. The maximum absolute atomic E-state index is 11.2. The molecule has 0 heterocycles. The quantitative estimate of drug-likeness (QED) is 0.493. The van der Waals surface area contributed by atoms with Crippen molar-refractivity contribution >= 4 is 29.9 Å². The Morgan fingerprint density at radius 3 is 2.15 bits per heavy atom. The molecule has 2 aromatic carbocycles. The Morgan fingerprint density at radius 1 is 0.900 bits per heavy atom. The van der Waals surface area contributed by atoms with Gasteiger partial charge in [-0.1, -0.05) is 0 Å². The first-order chi connectivity index (χ1) is 9.38. The Balaban J connectivity index is 2.43. The van der Waals surface area contributed by atoms with Gasteiger partial charge in [0.15, 0.2) is 0 Å². The molecule has 0 aromatic heterocycles. The van der Waals surface area contributed by atoms with Crippen molar-refractivity contribution in [1.29, 1.82) is 0 Å². The van der Waals surface area contributed by atoms with Crippen molar-refractivity contribution in [3.05, 3.63) is 42.5 Å². The molecule has 0 aliphatic carbocycles. The van der Waals surface area contributed by atoms with E-state index in [1.54, 1.807) is 30.3 Å². The minimum absolute atomic E-state index is 0.133. The van der Waals surface area contributed by atoms with E-state index in [1.807, 2.05) is 0 Å². The minimum atomic E-state index is -5.30. The van der Waals surface area contributed by atoms with Gasteiger partial charge >= 0.3 is 116 Å². The standard InChI is InChI=1S/C12H11AsN2O5/c16-11-7-12(17)10(6-9(11)13(18,19)20)15-14-8-4-2-1-3-5-8/h1-7,16-17H,(H2,18,19,20). The molecule has 0 aliphatic rings. The fourth-order valence-corrected chi connectivity index (χ4v) is 2.85. The molecule has 2 rings (SSSR count). The van der Waals surface area contributed by atoms with Gasteiger partial charge in [-0.25, -0.2) is 0 Å². The summed E-state index contributed by atoms with van der Waals surface area (Å²) in [5.41, 5.74) is 0.384. The van der Waals surface area contributed by atoms with Gasteiger partial charge < -0.3 is 0 Å². The predicted molar refractivity (Wildman–Crippen MR) is 70.9 cm³/mol. The second-order valence-electron chi connectivity index (χ2n) is 3.91. The van der Waals surface area contributed by atoms with Crippen molar-refractivity contribution < 1.29 is 22.1 Å². The molecule has 20 heavy (non-hydrogen) atoms. The Morgan fingerprint density at radius 2 is 1.55 bits per heavy atom. The van der Waals surface area contributed by atoms with E-state index >= 15 is 0 Å². The molecule has 8 heteroatoms. The van der Waals surface area contributed by atoms with Crippen LogP contribution in [0.1, 0.15) is 0 Å². The summed E-state index contributed by atoms with van der Waals surface area (Å²) in [6.45, 7) is 0. The number of hydrogen-bond acceptors (Lipinski definition) is 5. The van der Waals surface area contributed by atoms with Crippen molar-refractivity contribution in [2.45, 2.75) is 0 Å². The Labute approximate surface area is 116 Å². The third-order valence-corrected chi connectivity index (χ3v) is 4.48. The molecule has 0 spiro atoms. The third-order valence-electron chi connectivity index (χ3n) is 2.41. The van der Waals surface area contributed by atoms with Gasteiger partial charge in [0.25, 0.3) is 0 Å². The van der Waals surface area contributed by atoms with Crippen molar-refractivity contribution in [3.63, 3.8) is 0 Å². The number of nitrogens with zero attached hydrogens (tertiary/aromatic N) is 2. The van der Waals surface area contributed by atoms with Crippen LogP contribution in [-0.4, -0.2) is 32.6 Å². The molecular weight excluding hydrogens is 327 g/mol. The molecule has 0 bridgehead atoms. The van der Waals surface area contributed by atoms with E-state index in [1.165, 1.54) is 0 Å². The van der Waals surface area contributed by atoms with E-state index < -0.39 is 30.0 Å². The van der Waals surface area contributed by atoms with Crippen LogP contribution in [-0.2, 0) is 3.74 Å². The van der Waals surface area contributed by atoms with Gasteiger partial charge in [-0.2, -0.15) is 0 Å². The fraction of sp³-hybridized carbons (Fsp3) is 0. The molecule has 0 radical (unpaired) electrons. The van der Waals surface area contributed by atoms with Crippen molar-refractivity contribution in [3.8, 4) is 11.5 Å². The normalized spacial score (nSPS) is 11.9. The number of phenolic OH excluding ortho intramolecular Hbond substituents is 2. The van der Waals surface area contributed by atoms with E-state index in [-0.39, 0.29) is 5.69 Å². The molecule has 0 fully saturated rings. The number of hydrogen-bond donors (Lipinski definition) is 4. The number of azo groups is 1. The second-order valence-corrected chi connectivity index (χ2v) is 7.20. The average Bonchev–Trinajstić information content (AvgIpc) is 2.37. The summed E-state index contributed by atoms with van der Waals surface area (Å²) >= 11 is -5.30. The van der Waals surface area contributed by atoms with Crippen LogP contribution < -0.4 is 4.35 Å². The number of rotatable bonds is 3. The van der Waals surface area contributed by atoms with Crippen molar-refractivity contribution in [1.82, 2.24) is 0 Å². The van der Waals surface area contributed by atoms with Crippen LogP contribution in [0.5, 0.6) is 11.5 Å². The van der Waals surface area contributed by atoms with E-state index in [2.05, 4.69) is 10.2 Å². The van der Waals surface area contributed by atoms with Gasteiger partial charge in [0.1, 0.15) is 0 Å². The number of benzene rings is 2. The van der Waals surface area contributed by atoms with Gasteiger partial charge in [0, 0.05) is 0 Å². The first kappa shape index (κ1) is 14.3. The molecule has 0 saturated heterocycles. The van der Waals surface area contributed by atoms with Crippen LogP contribution in [0.3, 0.4) is 0 Å². The first-order valence-electron chi connectivity index (χ1n) is 5.47. The molecule has 4 N–H and O–H groups in total. The Kier molecular flexibility index (Phi) is 3.94. The summed E-state index contributed by atoms with van der Waals surface area (Å²) in [4.78, 5) is 0. The predicted octanol–water partition coefficient (Wildman–Crippen LogP) is 1.07. The summed E-state index contributed by atoms with van der Waals surface area (Å²) in [7, 11) is 0. The summed E-state index contributed by atoms with van der Waals surface area (Å²) in [6, 6.07) is 10.4. The Hall–Kier alpha value is -2.08. The first-order valence-corrected chi connectivity index (χ1v) is 8.85. The summed E-state index contributed by atoms with van der Waals surface area (Å²) in [6.07, 6.45) is 0. The van der Waals surface area contributed by atoms with Crippen LogP contribution in [0.15, 0.2) is 52.7 Å². The third kappa shape index (κ3) is 3.27. The molecule has 0 amide bonds. The van der Waals surface area contributed by atoms with Crippen LogP contribution in [0.4, 0.5) is 11.4 Å². The molecule has 0 aliphatic heterocycles. The van der Waals surface area contributed by atoms with E-state index in [9.17, 15) is 14.0 Å². The molecule has 7 nitrogen and oxygen atoms in total. The van der Waals surface area contributed by atoms with Crippen LogP contribution in [0.2, 0.25) is 0 Å². The van der Waals surface area contributed by atoms with Crippen molar-refractivity contribution in [2.75, 3.05) is 0 Å².